The number of nitrogens with zero attached hydrogens (tertiary/aromatic N) is 4. The molecular formula is C17H23N5S. The van der Waals surface area contributed by atoms with Crippen LogP contribution in [0.4, 0.5) is 0 Å². The minimum absolute atomic E-state index is 0.152. The fraction of sp³-hybridized carbons (Fsp3) is 0.471. The molecule has 0 radical (unpaired) electrons. The number of nitrogens with one attached hydrogen (secondary N) is 1. The van der Waals surface area contributed by atoms with E-state index in [-0.39, 0.29) is 6.04 Å². The quantitative estimate of drug-likeness (QED) is 0.745. The van der Waals surface area contributed by atoms with Crippen LogP contribution in [0.25, 0.3) is 11.0 Å². The lowest BCUT2D eigenvalue weighted by Crippen LogP contribution is -2.22. The van der Waals surface area contributed by atoms with E-state index in [1.54, 1.807) is 11.3 Å². The lowest BCUT2D eigenvalue weighted by Gasteiger charge is -2.18. The van der Waals surface area contributed by atoms with Gasteiger partial charge in [-0.3, -0.25) is 0 Å². The second kappa shape index (κ2) is 6.76. The zero-order chi connectivity index (χ0) is 16.4. The first-order valence-electron chi connectivity index (χ1n) is 8.11. The highest BCUT2D eigenvalue weighted by Crippen LogP contribution is 2.25. The molecule has 0 spiro atoms. The highest BCUT2D eigenvalue weighted by Gasteiger charge is 2.18. The molecule has 2 heterocycles. The zero-order valence-electron chi connectivity index (χ0n) is 14.1. The molecule has 0 aliphatic rings. The van der Waals surface area contributed by atoms with Crippen molar-refractivity contribution in [2.75, 3.05) is 0 Å². The summed E-state index contributed by atoms with van der Waals surface area (Å²) < 4.78 is 2.31. The van der Waals surface area contributed by atoms with Crippen molar-refractivity contribution < 1.29 is 0 Å². The van der Waals surface area contributed by atoms with Crippen LogP contribution in [0.15, 0.2) is 24.3 Å². The molecule has 23 heavy (non-hydrogen) atoms. The largest absolute Gasteiger partial charge is 0.324 e. The molecule has 0 saturated heterocycles. The molecule has 5 nitrogen and oxygen atoms in total. The number of imidazole rings is 1. The number of para-hydroxylation sites is 2. The van der Waals surface area contributed by atoms with Gasteiger partial charge in [0.05, 0.1) is 23.6 Å². The fourth-order valence-corrected chi connectivity index (χ4v) is 3.48. The van der Waals surface area contributed by atoms with E-state index >= 15 is 0 Å². The first kappa shape index (κ1) is 16.1. The maximum absolute atomic E-state index is 4.84. The molecule has 0 aliphatic carbocycles. The van der Waals surface area contributed by atoms with Crippen LogP contribution >= 0.6 is 11.3 Å². The Hall–Kier alpha value is -1.79. The standard InChI is InChI=1S/C17H23N5S/c1-5-15-20-21-16(23-15)10-18-12(4)17-19-13-8-6-7-9-14(13)22(17)11(2)3/h6-9,11-12,18H,5,10H2,1-4H3. The summed E-state index contributed by atoms with van der Waals surface area (Å²) in [4.78, 5) is 4.84. The summed E-state index contributed by atoms with van der Waals surface area (Å²) in [5.74, 6) is 1.07. The number of aromatic nitrogens is 4. The van der Waals surface area contributed by atoms with E-state index in [9.17, 15) is 0 Å². The first-order valence-corrected chi connectivity index (χ1v) is 8.93. The summed E-state index contributed by atoms with van der Waals surface area (Å²) in [6.07, 6.45) is 0.941. The van der Waals surface area contributed by atoms with E-state index in [1.807, 2.05) is 6.07 Å². The minimum atomic E-state index is 0.152. The first-order chi connectivity index (χ1) is 11.1. The number of rotatable bonds is 6. The predicted molar refractivity (Wildman–Crippen MR) is 94.7 cm³/mol. The average molecular weight is 329 g/mol. The summed E-state index contributed by atoms with van der Waals surface area (Å²) in [5, 5.41) is 14.1. The van der Waals surface area contributed by atoms with Gasteiger partial charge in [0.2, 0.25) is 0 Å². The highest BCUT2D eigenvalue weighted by molar-refractivity contribution is 7.11. The van der Waals surface area contributed by atoms with E-state index in [2.05, 4.69) is 66.0 Å². The van der Waals surface area contributed by atoms with E-state index < -0.39 is 0 Å². The zero-order valence-corrected chi connectivity index (χ0v) is 14.9. The van der Waals surface area contributed by atoms with Crippen molar-refractivity contribution in [3.05, 3.63) is 40.1 Å². The normalized spacial score (nSPS) is 13.1. The molecular weight excluding hydrogens is 306 g/mol. The summed E-state index contributed by atoms with van der Waals surface area (Å²) in [6, 6.07) is 8.83. The van der Waals surface area contributed by atoms with Crippen molar-refractivity contribution in [2.24, 2.45) is 0 Å². The van der Waals surface area contributed by atoms with Crippen LogP contribution in [0.1, 0.15) is 55.6 Å². The Morgan fingerprint density at radius 1 is 1.13 bits per heavy atom. The number of hydrogen-bond acceptors (Lipinski definition) is 5. The third-order valence-corrected chi connectivity index (χ3v) is 4.96. The van der Waals surface area contributed by atoms with E-state index in [0.29, 0.717) is 6.04 Å². The number of hydrogen-bond donors (Lipinski definition) is 1. The molecule has 0 bridgehead atoms. The van der Waals surface area contributed by atoms with Crippen molar-refractivity contribution in [1.82, 2.24) is 25.1 Å². The van der Waals surface area contributed by atoms with Crippen molar-refractivity contribution in [3.8, 4) is 0 Å². The van der Waals surface area contributed by atoms with Gasteiger partial charge in [-0.15, -0.1) is 21.5 Å². The van der Waals surface area contributed by atoms with Gasteiger partial charge in [-0.2, -0.15) is 0 Å². The van der Waals surface area contributed by atoms with Crippen molar-refractivity contribution >= 4 is 22.4 Å². The van der Waals surface area contributed by atoms with Gasteiger partial charge in [-0.1, -0.05) is 19.1 Å². The molecule has 3 rings (SSSR count). The molecule has 3 aromatic rings. The van der Waals surface area contributed by atoms with Crippen LogP contribution in [0.2, 0.25) is 0 Å². The van der Waals surface area contributed by atoms with Crippen molar-refractivity contribution in [2.45, 2.75) is 52.7 Å². The number of fused-ring (bicyclic) bond motifs is 1. The third kappa shape index (κ3) is 3.28. The van der Waals surface area contributed by atoms with Gasteiger partial charge in [0.25, 0.3) is 0 Å². The van der Waals surface area contributed by atoms with Crippen molar-refractivity contribution in [1.29, 1.82) is 0 Å². The van der Waals surface area contributed by atoms with Gasteiger partial charge in [-0.25, -0.2) is 4.98 Å². The van der Waals surface area contributed by atoms with Crippen molar-refractivity contribution in [3.63, 3.8) is 0 Å². The fourth-order valence-electron chi connectivity index (χ4n) is 2.75. The maximum atomic E-state index is 4.84. The molecule has 6 heteroatoms. The van der Waals surface area contributed by atoms with E-state index in [4.69, 9.17) is 4.98 Å². The Bertz CT molecular complexity index is 789. The lowest BCUT2D eigenvalue weighted by molar-refractivity contribution is 0.490. The Kier molecular flexibility index (Phi) is 4.73. The number of aryl methyl sites for hydroxylation is 1. The van der Waals surface area contributed by atoms with E-state index in [1.165, 1.54) is 5.52 Å². The smallest absolute Gasteiger partial charge is 0.131 e. The Morgan fingerprint density at radius 2 is 1.87 bits per heavy atom. The van der Waals surface area contributed by atoms with Gasteiger partial charge in [0, 0.05) is 6.04 Å². The number of benzene rings is 1. The molecule has 2 aromatic heterocycles. The average Bonchev–Trinajstić information content (AvgIpc) is 3.16. The second-order valence-electron chi connectivity index (χ2n) is 5.97. The maximum Gasteiger partial charge on any atom is 0.131 e. The molecule has 1 aromatic carbocycles. The molecule has 0 amide bonds. The predicted octanol–water partition coefficient (Wildman–Crippen LogP) is 3.88. The Labute approximate surface area is 140 Å². The minimum Gasteiger partial charge on any atom is -0.324 e. The van der Waals surface area contributed by atoms with Crippen LogP contribution in [0.5, 0.6) is 0 Å². The van der Waals surface area contributed by atoms with Gasteiger partial charge < -0.3 is 9.88 Å². The topological polar surface area (TPSA) is 55.6 Å². The third-order valence-electron chi connectivity index (χ3n) is 3.90. The molecule has 1 unspecified atom stereocenters. The highest BCUT2D eigenvalue weighted by atomic mass is 32.1. The van der Waals surface area contributed by atoms with Gasteiger partial charge in [0.1, 0.15) is 15.8 Å². The second-order valence-corrected chi connectivity index (χ2v) is 7.11. The molecule has 0 aliphatic heterocycles. The summed E-state index contributed by atoms with van der Waals surface area (Å²) in [6.45, 7) is 9.37. The van der Waals surface area contributed by atoms with Gasteiger partial charge in [0.15, 0.2) is 0 Å². The summed E-state index contributed by atoms with van der Waals surface area (Å²) >= 11 is 1.67. The lowest BCUT2D eigenvalue weighted by atomic mass is 10.2. The van der Waals surface area contributed by atoms with Crippen LogP contribution in [0.3, 0.4) is 0 Å². The van der Waals surface area contributed by atoms with Crippen LogP contribution in [-0.2, 0) is 13.0 Å². The SMILES string of the molecule is CCc1nnc(CNC(C)c2nc3ccccc3n2C(C)C)s1. The van der Waals surface area contributed by atoms with Gasteiger partial charge in [-0.05, 0) is 39.3 Å². The summed E-state index contributed by atoms with van der Waals surface area (Å²) in [7, 11) is 0. The molecule has 0 saturated carbocycles. The van der Waals surface area contributed by atoms with Gasteiger partial charge >= 0.3 is 0 Å². The Balaban J connectivity index is 1.82. The van der Waals surface area contributed by atoms with Crippen LogP contribution in [-0.4, -0.2) is 19.7 Å². The monoisotopic (exact) mass is 329 g/mol. The van der Waals surface area contributed by atoms with E-state index in [0.717, 1.165) is 34.3 Å². The molecule has 122 valence electrons. The summed E-state index contributed by atoms with van der Waals surface area (Å²) in [5.41, 5.74) is 2.24. The van der Waals surface area contributed by atoms with Crippen LogP contribution < -0.4 is 5.32 Å². The molecule has 0 fully saturated rings. The molecule has 1 atom stereocenters. The van der Waals surface area contributed by atoms with Crippen LogP contribution in [0, 0.1) is 0 Å². The Morgan fingerprint density at radius 3 is 2.57 bits per heavy atom. The molecule has 1 N–H and O–H groups in total.